The van der Waals surface area contributed by atoms with Crippen LogP contribution in [0.3, 0.4) is 0 Å². The first-order valence-corrected chi connectivity index (χ1v) is 13.2. The number of piperidine rings is 2. The summed E-state index contributed by atoms with van der Waals surface area (Å²) in [5.74, 6) is 1.34. The van der Waals surface area contributed by atoms with Crippen LogP contribution in [0.1, 0.15) is 55.6 Å². The molecule has 0 amide bonds. The molecule has 0 bridgehead atoms. The van der Waals surface area contributed by atoms with Crippen LogP contribution in [-0.2, 0) is 6.54 Å². The molecular weight excluding hydrogens is 495 g/mol. The summed E-state index contributed by atoms with van der Waals surface area (Å²) >= 11 is 2.42. The third-order valence-electron chi connectivity index (χ3n) is 8.05. The summed E-state index contributed by atoms with van der Waals surface area (Å²) in [6, 6.07) is 20.9. The fourth-order valence-electron chi connectivity index (χ4n) is 6.45. The Morgan fingerprint density at radius 1 is 0.871 bits per heavy atom. The van der Waals surface area contributed by atoms with Gasteiger partial charge < -0.3 is 5.11 Å². The van der Waals surface area contributed by atoms with Gasteiger partial charge in [0, 0.05) is 22.2 Å². The first-order chi connectivity index (χ1) is 15.2. The van der Waals surface area contributed by atoms with Crippen LogP contribution in [0.2, 0.25) is 0 Å². The highest BCUT2D eigenvalue weighted by atomic mass is 127. The molecule has 4 heteroatoms. The molecule has 0 spiro atoms. The van der Waals surface area contributed by atoms with E-state index in [2.05, 4.69) is 87.0 Å². The van der Waals surface area contributed by atoms with Crippen LogP contribution in [-0.4, -0.2) is 52.7 Å². The standard InChI is InChI=1S/C27H35IN2O/c28-24-10-4-6-20(16-24)19-30-13-5-9-23-17-27(31)26(18-25(23)30)29-14-11-22(12-15-29)21-7-2-1-3-8-21/h1-4,6-8,10,16,22-23,25-27,31H,5,9,11-15,17-19H2/t23-,25-,26-,27-/m0/s1. The van der Waals surface area contributed by atoms with E-state index >= 15 is 0 Å². The lowest BCUT2D eigenvalue weighted by atomic mass is 9.73. The molecule has 0 aromatic heterocycles. The van der Waals surface area contributed by atoms with Crippen LogP contribution in [0, 0.1) is 9.49 Å². The number of aliphatic hydroxyl groups excluding tert-OH is 1. The maximum atomic E-state index is 11.1. The van der Waals surface area contributed by atoms with Crippen molar-refractivity contribution < 1.29 is 5.11 Å². The maximum Gasteiger partial charge on any atom is 0.0699 e. The summed E-state index contributed by atoms with van der Waals surface area (Å²) in [7, 11) is 0. The van der Waals surface area contributed by atoms with E-state index in [9.17, 15) is 5.11 Å². The summed E-state index contributed by atoms with van der Waals surface area (Å²) in [6.07, 6.45) is 6.94. The van der Waals surface area contributed by atoms with Crippen LogP contribution >= 0.6 is 22.6 Å². The maximum absolute atomic E-state index is 11.1. The van der Waals surface area contributed by atoms with E-state index in [4.69, 9.17) is 0 Å². The van der Waals surface area contributed by atoms with E-state index in [1.165, 1.54) is 46.9 Å². The molecule has 166 valence electrons. The van der Waals surface area contributed by atoms with Gasteiger partial charge in [-0.05, 0) is 116 Å². The second-order valence-electron chi connectivity index (χ2n) is 9.90. The smallest absolute Gasteiger partial charge is 0.0699 e. The highest BCUT2D eigenvalue weighted by Gasteiger charge is 2.43. The van der Waals surface area contributed by atoms with Gasteiger partial charge in [-0.25, -0.2) is 0 Å². The summed E-state index contributed by atoms with van der Waals surface area (Å²) in [5, 5.41) is 11.1. The number of rotatable bonds is 4. The molecule has 3 aliphatic rings. The SMILES string of the molecule is O[C@H]1C[C@@H]2CCCN(Cc3cccc(I)c3)[C@H]2C[C@@H]1N1CCC(c2ccccc2)CC1. The van der Waals surface area contributed by atoms with Crippen molar-refractivity contribution in [2.24, 2.45) is 5.92 Å². The molecule has 1 saturated carbocycles. The van der Waals surface area contributed by atoms with Crippen molar-refractivity contribution in [3.8, 4) is 0 Å². The molecule has 0 radical (unpaired) electrons. The van der Waals surface area contributed by atoms with Gasteiger partial charge in [-0.3, -0.25) is 9.80 Å². The van der Waals surface area contributed by atoms with Crippen LogP contribution in [0.25, 0.3) is 0 Å². The number of halogens is 1. The van der Waals surface area contributed by atoms with Gasteiger partial charge in [0.05, 0.1) is 6.10 Å². The van der Waals surface area contributed by atoms with Gasteiger partial charge in [-0.1, -0.05) is 42.5 Å². The highest BCUT2D eigenvalue weighted by molar-refractivity contribution is 14.1. The first-order valence-electron chi connectivity index (χ1n) is 12.1. The van der Waals surface area contributed by atoms with Crippen LogP contribution < -0.4 is 0 Å². The summed E-state index contributed by atoms with van der Waals surface area (Å²) in [5.41, 5.74) is 2.92. The molecule has 5 rings (SSSR count). The molecule has 3 fully saturated rings. The van der Waals surface area contributed by atoms with Crippen LogP contribution in [0.15, 0.2) is 54.6 Å². The van der Waals surface area contributed by atoms with E-state index in [0.717, 1.165) is 32.5 Å². The minimum Gasteiger partial charge on any atom is -0.391 e. The lowest BCUT2D eigenvalue weighted by Crippen LogP contribution is -2.58. The normalized spacial score (nSPS) is 30.8. The zero-order valence-electron chi connectivity index (χ0n) is 18.4. The number of fused-ring (bicyclic) bond motifs is 1. The molecule has 2 aromatic carbocycles. The Hall–Kier alpha value is -0.950. The minimum atomic E-state index is -0.160. The fourth-order valence-corrected chi connectivity index (χ4v) is 7.06. The monoisotopic (exact) mass is 530 g/mol. The van der Waals surface area contributed by atoms with Crippen molar-refractivity contribution in [3.05, 3.63) is 69.3 Å². The number of nitrogens with zero attached hydrogens (tertiary/aromatic N) is 2. The molecular formula is C27H35IN2O. The van der Waals surface area contributed by atoms with Gasteiger partial charge in [-0.15, -0.1) is 0 Å². The largest absolute Gasteiger partial charge is 0.391 e. The van der Waals surface area contributed by atoms with Gasteiger partial charge in [0.25, 0.3) is 0 Å². The lowest BCUT2D eigenvalue weighted by molar-refractivity contribution is -0.0602. The minimum absolute atomic E-state index is 0.160. The number of aliphatic hydroxyl groups is 1. The third-order valence-corrected chi connectivity index (χ3v) is 8.72. The molecule has 0 unspecified atom stereocenters. The fraction of sp³-hybridized carbons (Fsp3) is 0.556. The van der Waals surface area contributed by atoms with Crippen molar-refractivity contribution in [2.45, 2.75) is 69.2 Å². The van der Waals surface area contributed by atoms with Crippen LogP contribution in [0.5, 0.6) is 0 Å². The Morgan fingerprint density at radius 2 is 1.68 bits per heavy atom. The van der Waals surface area contributed by atoms with Crippen molar-refractivity contribution in [2.75, 3.05) is 19.6 Å². The summed E-state index contributed by atoms with van der Waals surface area (Å²) < 4.78 is 1.32. The van der Waals surface area contributed by atoms with Crippen molar-refractivity contribution >= 4 is 22.6 Å². The van der Waals surface area contributed by atoms with E-state index < -0.39 is 0 Å². The molecule has 4 atom stereocenters. The molecule has 2 aliphatic heterocycles. The van der Waals surface area contributed by atoms with Crippen LogP contribution in [0.4, 0.5) is 0 Å². The molecule has 31 heavy (non-hydrogen) atoms. The number of likely N-dealkylation sites (tertiary alicyclic amines) is 2. The van der Waals surface area contributed by atoms with Gasteiger partial charge in [-0.2, -0.15) is 0 Å². The number of hydrogen-bond acceptors (Lipinski definition) is 3. The number of benzene rings is 2. The van der Waals surface area contributed by atoms with E-state index in [1.807, 2.05) is 0 Å². The Kier molecular flexibility index (Phi) is 6.98. The quantitative estimate of drug-likeness (QED) is 0.546. The molecule has 1 N–H and O–H groups in total. The lowest BCUT2D eigenvalue weighted by Gasteiger charge is -2.51. The van der Waals surface area contributed by atoms with Crippen molar-refractivity contribution in [1.82, 2.24) is 9.80 Å². The van der Waals surface area contributed by atoms with Crippen molar-refractivity contribution in [3.63, 3.8) is 0 Å². The predicted molar refractivity (Wildman–Crippen MR) is 135 cm³/mol. The van der Waals surface area contributed by atoms with Gasteiger partial charge in [0.1, 0.15) is 0 Å². The van der Waals surface area contributed by atoms with E-state index in [-0.39, 0.29) is 6.10 Å². The Labute approximate surface area is 201 Å². The zero-order valence-corrected chi connectivity index (χ0v) is 20.5. The van der Waals surface area contributed by atoms with E-state index in [0.29, 0.717) is 23.9 Å². The van der Waals surface area contributed by atoms with E-state index in [1.54, 1.807) is 0 Å². The molecule has 2 aromatic rings. The summed E-state index contributed by atoms with van der Waals surface area (Å²) in [6.45, 7) is 4.49. The molecule has 3 nitrogen and oxygen atoms in total. The Bertz CT molecular complexity index is 851. The van der Waals surface area contributed by atoms with Gasteiger partial charge in [0.15, 0.2) is 0 Å². The first kappa shape index (κ1) is 21.9. The molecule has 1 aliphatic carbocycles. The average molecular weight is 530 g/mol. The zero-order chi connectivity index (χ0) is 21.2. The van der Waals surface area contributed by atoms with Crippen molar-refractivity contribution in [1.29, 1.82) is 0 Å². The Morgan fingerprint density at radius 3 is 2.45 bits per heavy atom. The average Bonchev–Trinajstić information content (AvgIpc) is 2.80. The topological polar surface area (TPSA) is 26.7 Å². The van der Waals surface area contributed by atoms with Gasteiger partial charge >= 0.3 is 0 Å². The molecule has 2 saturated heterocycles. The summed E-state index contributed by atoms with van der Waals surface area (Å²) in [4.78, 5) is 5.35. The second kappa shape index (κ2) is 9.90. The molecule has 2 heterocycles. The highest BCUT2D eigenvalue weighted by Crippen LogP contribution is 2.39. The third kappa shape index (κ3) is 5.02. The predicted octanol–water partition coefficient (Wildman–Crippen LogP) is 5.27. The van der Waals surface area contributed by atoms with Gasteiger partial charge in [0.2, 0.25) is 0 Å². The number of hydrogen-bond donors (Lipinski definition) is 1. The second-order valence-corrected chi connectivity index (χ2v) is 11.1. The Balaban J connectivity index is 1.24.